The first-order valence-corrected chi connectivity index (χ1v) is 5.57. The maximum Gasteiger partial charge on any atom is 0.130 e. The minimum Gasteiger partial charge on any atom is -0.383 e. The molecule has 5 heteroatoms. The minimum atomic E-state index is -1.14. The molecule has 1 unspecified atom stereocenters. The lowest BCUT2D eigenvalue weighted by molar-refractivity contribution is 0.215. The lowest BCUT2D eigenvalue weighted by atomic mass is 10.0. The van der Waals surface area contributed by atoms with Gasteiger partial charge in [0.2, 0.25) is 0 Å². The predicted molar refractivity (Wildman–Crippen MR) is 64.7 cm³/mol. The Morgan fingerprint density at radius 1 is 1.18 bits per heavy atom. The van der Waals surface area contributed by atoms with Crippen LogP contribution in [-0.2, 0) is 0 Å². The fraction of sp³-hybridized carbons (Fsp3) is 0.0833. The zero-order chi connectivity index (χ0) is 12.4. The summed E-state index contributed by atoms with van der Waals surface area (Å²) in [5.41, 5.74) is 0.533. The van der Waals surface area contributed by atoms with E-state index in [2.05, 4.69) is 4.98 Å². The van der Waals surface area contributed by atoms with Gasteiger partial charge in [0.05, 0.1) is 5.02 Å². The van der Waals surface area contributed by atoms with Crippen LogP contribution in [0.4, 0.5) is 4.39 Å². The Balaban J connectivity index is 2.44. The van der Waals surface area contributed by atoms with Crippen molar-refractivity contribution >= 4 is 23.2 Å². The Morgan fingerprint density at radius 2 is 1.94 bits per heavy atom. The fourth-order valence-electron chi connectivity index (χ4n) is 1.50. The summed E-state index contributed by atoms with van der Waals surface area (Å²) >= 11 is 11.5. The quantitative estimate of drug-likeness (QED) is 0.905. The molecule has 0 amide bonds. The first kappa shape index (κ1) is 12.3. The second-order valence-corrected chi connectivity index (χ2v) is 4.31. The topological polar surface area (TPSA) is 33.1 Å². The van der Waals surface area contributed by atoms with Crippen LogP contribution in [0.2, 0.25) is 10.0 Å². The van der Waals surface area contributed by atoms with Crippen LogP contribution >= 0.6 is 23.2 Å². The molecule has 1 aromatic carbocycles. The number of benzene rings is 1. The summed E-state index contributed by atoms with van der Waals surface area (Å²) < 4.78 is 13.6. The Morgan fingerprint density at radius 3 is 2.59 bits per heavy atom. The summed E-state index contributed by atoms with van der Waals surface area (Å²) in [6.07, 6.45) is 1.74. The standard InChI is InChI=1S/C12H8Cl2FNO/c13-7-1-2-9(11(15)5-7)12(17)8-3-4-16-6-10(8)14/h1-6,12,17H. The van der Waals surface area contributed by atoms with Crippen LogP contribution in [0.15, 0.2) is 36.7 Å². The first-order chi connectivity index (χ1) is 8.09. The molecule has 17 heavy (non-hydrogen) atoms. The van der Waals surface area contributed by atoms with Gasteiger partial charge in [-0.25, -0.2) is 4.39 Å². The molecule has 0 aliphatic carbocycles. The number of hydrogen-bond donors (Lipinski definition) is 1. The number of rotatable bonds is 2. The van der Waals surface area contributed by atoms with Gasteiger partial charge in [0.15, 0.2) is 0 Å². The van der Waals surface area contributed by atoms with E-state index < -0.39 is 11.9 Å². The van der Waals surface area contributed by atoms with Gasteiger partial charge in [-0.3, -0.25) is 4.98 Å². The van der Waals surface area contributed by atoms with Crippen LogP contribution in [0.3, 0.4) is 0 Å². The van der Waals surface area contributed by atoms with Gasteiger partial charge < -0.3 is 5.11 Å². The molecule has 1 N–H and O–H groups in total. The molecule has 0 spiro atoms. The van der Waals surface area contributed by atoms with E-state index in [1.54, 1.807) is 6.07 Å². The molecule has 0 aliphatic heterocycles. The molecule has 0 fully saturated rings. The highest BCUT2D eigenvalue weighted by Gasteiger charge is 2.17. The van der Waals surface area contributed by atoms with Crippen LogP contribution in [0, 0.1) is 5.82 Å². The molecule has 0 bridgehead atoms. The van der Waals surface area contributed by atoms with Gasteiger partial charge in [-0.2, -0.15) is 0 Å². The average molecular weight is 272 g/mol. The van der Waals surface area contributed by atoms with E-state index in [1.165, 1.54) is 24.5 Å². The van der Waals surface area contributed by atoms with E-state index in [4.69, 9.17) is 23.2 Å². The van der Waals surface area contributed by atoms with Crippen LogP contribution in [0.25, 0.3) is 0 Å². The Bertz CT molecular complexity index is 548. The van der Waals surface area contributed by atoms with Crippen molar-refractivity contribution in [3.05, 3.63) is 63.6 Å². The van der Waals surface area contributed by atoms with Crippen molar-refractivity contribution < 1.29 is 9.50 Å². The highest BCUT2D eigenvalue weighted by molar-refractivity contribution is 6.31. The largest absolute Gasteiger partial charge is 0.383 e. The smallest absolute Gasteiger partial charge is 0.130 e. The van der Waals surface area contributed by atoms with Crippen molar-refractivity contribution in [2.75, 3.05) is 0 Å². The Hall–Kier alpha value is -1.16. The molecule has 0 saturated carbocycles. The molecule has 2 aromatic rings. The second kappa shape index (κ2) is 5.00. The summed E-state index contributed by atoms with van der Waals surface area (Å²) in [4.78, 5) is 3.80. The Labute approximate surface area is 108 Å². The maximum absolute atomic E-state index is 13.6. The van der Waals surface area contributed by atoms with Gasteiger partial charge in [-0.05, 0) is 18.2 Å². The summed E-state index contributed by atoms with van der Waals surface area (Å²) in [7, 11) is 0. The van der Waals surface area contributed by atoms with E-state index in [1.807, 2.05) is 0 Å². The molecule has 1 heterocycles. The monoisotopic (exact) mass is 271 g/mol. The van der Waals surface area contributed by atoms with Gasteiger partial charge in [0.25, 0.3) is 0 Å². The van der Waals surface area contributed by atoms with E-state index in [-0.39, 0.29) is 15.6 Å². The number of hydrogen-bond acceptors (Lipinski definition) is 2. The van der Waals surface area contributed by atoms with Crippen LogP contribution < -0.4 is 0 Å². The van der Waals surface area contributed by atoms with Gasteiger partial charge >= 0.3 is 0 Å². The number of nitrogens with zero attached hydrogens (tertiary/aromatic N) is 1. The minimum absolute atomic E-state index is 0.127. The second-order valence-electron chi connectivity index (χ2n) is 3.47. The van der Waals surface area contributed by atoms with Crippen molar-refractivity contribution in [1.82, 2.24) is 4.98 Å². The molecular weight excluding hydrogens is 264 g/mol. The number of aromatic nitrogens is 1. The third-order valence-corrected chi connectivity index (χ3v) is 2.91. The molecule has 2 rings (SSSR count). The van der Waals surface area contributed by atoms with E-state index in [9.17, 15) is 9.50 Å². The Kier molecular flexibility index (Phi) is 3.62. The summed E-state index contributed by atoms with van der Waals surface area (Å²) in [5.74, 6) is -0.571. The van der Waals surface area contributed by atoms with Crippen molar-refractivity contribution in [3.8, 4) is 0 Å². The summed E-state index contributed by atoms with van der Waals surface area (Å²) in [5, 5.41) is 10.6. The van der Waals surface area contributed by atoms with Crippen LogP contribution in [0.5, 0.6) is 0 Å². The zero-order valence-corrected chi connectivity index (χ0v) is 10.1. The maximum atomic E-state index is 13.6. The lowest BCUT2D eigenvalue weighted by Gasteiger charge is -2.13. The number of aliphatic hydroxyl groups is 1. The van der Waals surface area contributed by atoms with Gasteiger partial charge in [-0.15, -0.1) is 0 Å². The zero-order valence-electron chi connectivity index (χ0n) is 8.57. The molecular formula is C12H8Cl2FNO. The van der Waals surface area contributed by atoms with Gasteiger partial charge in [0, 0.05) is 28.5 Å². The van der Waals surface area contributed by atoms with Gasteiger partial charge in [-0.1, -0.05) is 29.3 Å². The fourth-order valence-corrected chi connectivity index (χ4v) is 1.88. The third kappa shape index (κ3) is 2.57. The highest BCUT2D eigenvalue weighted by Crippen LogP contribution is 2.29. The first-order valence-electron chi connectivity index (χ1n) is 4.82. The number of aliphatic hydroxyl groups excluding tert-OH is 1. The third-order valence-electron chi connectivity index (χ3n) is 2.36. The molecule has 1 aromatic heterocycles. The lowest BCUT2D eigenvalue weighted by Crippen LogP contribution is -2.03. The molecule has 88 valence electrons. The van der Waals surface area contributed by atoms with Crippen LogP contribution in [-0.4, -0.2) is 10.1 Å². The summed E-state index contributed by atoms with van der Waals surface area (Å²) in [6, 6.07) is 5.63. The van der Waals surface area contributed by atoms with E-state index in [0.29, 0.717) is 5.56 Å². The molecule has 0 aliphatic rings. The van der Waals surface area contributed by atoms with Crippen molar-refractivity contribution in [1.29, 1.82) is 0 Å². The van der Waals surface area contributed by atoms with Crippen molar-refractivity contribution in [2.45, 2.75) is 6.10 Å². The molecule has 0 saturated heterocycles. The molecule has 1 atom stereocenters. The van der Waals surface area contributed by atoms with Crippen molar-refractivity contribution in [3.63, 3.8) is 0 Å². The summed E-state index contributed by atoms with van der Waals surface area (Å²) in [6.45, 7) is 0. The SMILES string of the molecule is OC(c1ccc(Cl)cc1F)c1ccncc1Cl. The van der Waals surface area contributed by atoms with E-state index >= 15 is 0 Å². The average Bonchev–Trinajstić information content (AvgIpc) is 2.29. The highest BCUT2D eigenvalue weighted by atomic mass is 35.5. The number of halogens is 3. The molecule has 2 nitrogen and oxygen atoms in total. The molecule has 0 radical (unpaired) electrons. The van der Waals surface area contributed by atoms with Gasteiger partial charge in [0.1, 0.15) is 11.9 Å². The van der Waals surface area contributed by atoms with Crippen LogP contribution in [0.1, 0.15) is 17.2 Å². The van der Waals surface area contributed by atoms with Crippen molar-refractivity contribution in [2.24, 2.45) is 0 Å². The van der Waals surface area contributed by atoms with E-state index in [0.717, 1.165) is 6.07 Å². The predicted octanol–water partition coefficient (Wildman–Crippen LogP) is 3.61. The normalized spacial score (nSPS) is 12.5. The number of pyridine rings is 1.